The number of primary amides is 2. The van der Waals surface area contributed by atoms with E-state index in [0.717, 1.165) is 5.56 Å². The quantitative estimate of drug-likeness (QED) is 0.0238. The number of ether oxygens (including phenoxy) is 6. The van der Waals surface area contributed by atoms with Crippen LogP contribution in [0.25, 0.3) is 0 Å². The van der Waals surface area contributed by atoms with Gasteiger partial charge in [-0.15, -0.1) is 0 Å². The van der Waals surface area contributed by atoms with Crippen LogP contribution in [0.15, 0.2) is 30.3 Å². The first-order valence-corrected chi connectivity index (χ1v) is 22.6. The van der Waals surface area contributed by atoms with Crippen LogP contribution < -0.4 is 38.1 Å². The van der Waals surface area contributed by atoms with Gasteiger partial charge >= 0.3 is 18.0 Å². The minimum atomic E-state index is -1.54. The average Bonchev–Trinajstić information content (AvgIpc) is 3.28. The number of hydrogen-bond donors (Lipinski definition) is 9. The molecule has 1 aromatic carbocycles. The van der Waals surface area contributed by atoms with Crippen LogP contribution in [0.5, 0.6) is 0 Å². The Morgan fingerprint density at radius 1 is 0.794 bits per heavy atom. The summed E-state index contributed by atoms with van der Waals surface area (Å²) < 4.78 is 33.1. The van der Waals surface area contributed by atoms with E-state index in [9.17, 15) is 53.4 Å². The van der Waals surface area contributed by atoms with Crippen molar-refractivity contribution in [1.29, 1.82) is 0 Å². The molecular formula is C44H69N7O17. The molecule has 1 heterocycles. The molecule has 11 N–H and O–H groups in total. The smallest absolute Gasteiger partial charge is 0.407 e. The maximum atomic E-state index is 13.3. The lowest BCUT2D eigenvalue weighted by molar-refractivity contribution is -0.283. The van der Waals surface area contributed by atoms with E-state index in [0.29, 0.717) is 25.7 Å². The zero-order chi connectivity index (χ0) is 50.8. The molecule has 382 valence electrons. The first-order valence-electron chi connectivity index (χ1n) is 22.6. The first kappa shape index (κ1) is 58.2. The molecule has 10 atom stereocenters. The zero-order valence-electron chi connectivity index (χ0n) is 39.2. The maximum absolute atomic E-state index is 13.3. The number of rotatable bonds is 31. The molecule has 1 aromatic rings. The van der Waals surface area contributed by atoms with Gasteiger partial charge in [-0.3, -0.25) is 38.4 Å². The topological polar surface area (TPSA) is 362 Å². The van der Waals surface area contributed by atoms with E-state index >= 15 is 0 Å². The molecule has 1 fully saturated rings. The Hall–Kier alpha value is -5.95. The Kier molecular flexibility index (Phi) is 26.7. The Morgan fingerprint density at radius 3 is 2.04 bits per heavy atom. The Bertz CT molecular complexity index is 1810. The number of amides is 7. The number of carbonyl (C=O) groups is 9. The number of aliphatic hydroxyl groups is 2. The molecule has 68 heavy (non-hydrogen) atoms. The van der Waals surface area contributed by atoms with Gasteiger partial charge in [0.05, 0.1) is 13.2 Å². The average molecular weight is 968 g/mol. The molecule has 0 bridgehead atoms. The van der Waals surface area contributed by atoms with Gasteiger partial charge in [-0.05, 0) is 57.9 Å². The Morgan fingerprint density at radius 2 is 1.43 bits per heavy atom. The summed E-state index contributed by atoms with van der Waals surface area (Å²) in [4.78, 5) is 112. The van der Waals surface area contributed by atoms with Gasteiger partial charge in [-0.1, -0.05) is 44.2 Å². The van der Waals surface area contributed by atoms with E-state index in [1.54, 1.807) is 38.1 Å². The predicted molar refractivity (Wildman–Crippen MR) is 238 cm³/mol. The molecule has 1 saturated heterocycles. The largest absolute Gasteiger partial charge is 0.462 e. The highest BCUT2D eigenvalue weighted by atomic mass is 16.7. The summed E-state index contributed by atoms with van der Waals surface area (Å²) >= 11 is 0. The minimum absolute atomic E-state index is 0.0335. The number of aliphatic hydroxyl groups excluding tert-OH is 2. The summed E-state index contributed by atoms with van der Waals surface area (Å²) in [6, 6.07) is 4.05. The molecule has 0 aromatic heterocycles. The normalized spacial score (nSPS) is 19.9. The van der Waals surface area contributed by atoms with Gasteiger partial charge in [-0.25, -0.2) is 4.79 Å². The molecule has 1 aliphatic rings. The fourth-order valence-electron chi connectivity index (χ4n) is 6.53. The molecule has 0 saturated carbocycles. The van der Waals surface area contributed by atoms with Crippen molar-refractivity contribution in [2.75, 3.05) is 26.4 Å². The van der Waals surface area contributed by atoms with Gasteiger partial charge in [0.15, 0.2) is 12.4 Å². The van der Waals surface area contributed by atoms with Crippen LogP contribution in [0.3, 0.4) is 0 Å². The molecule has 24 nitrogen and oxygen atoms in total. The summed E-state index contributed by atoms with van der Waals surface area (Å²) in [6.07, 6.45) is -7.07. The first-order chi connectivity index (χ1) is 32.3. The van der Waals surface area contributed by atoms with E-state index in [-0.39, 0.29) is 58.5 Å². The molecule has 1 aliphatic heterocycles. The number of benzene rings is 1. The number of hydrogen-bond acceptors (Lipinski definition) is 17. The summed E-state index contributed by atoms with van der Waals surface area (Å²) in [5.74, 6) is -5.79. The summed E-state index contributed by atoms with van der Waals surface area (Å²) in [7, 11) is 0. The number of carbonyl (C=O) groups excluding carboxylic acids is 9. The minimum Gasteiger partial charge on any atom is -0.462 e. The summed E-state index contributed by atoms with van der Waals surface area (Å²) in [5.41, 5.74) is 11.8. The van der Waals surface area contributed by atoms with Gasteiger partial charge in [0, 0.05) is 32.7 Å². The van der Waals surface area contributed by atoms with Crippen LogP contribution >= 0.6 is 0 Å². The number of esters is 2. The number of nitrogens with two attached hydrogens (primary N) is 2. The third kappa shape index (κ3) is 21.8. The zero-order valence-corrected chi connectivity index (χ0v) is 39.2. The van der Waals surface area contributed by atoms with Crippen molar-refractivity contribution < 1.29 is 81.8 Å². The van der Waals surface area contributed by atoms with E-state index in [1.807, 2.05) is 6.07 Å². The van der Waals surface area contributed by atoms with Crippen molar-refractivity contribution in [3.05, 3.63) is 35.9 Å². The summed E-state index contributed by atoms with van der Waals surface area (Å²) in [5, 5.41) is 33.4. The second-order valence-corrected chi connectivity index (χ2v) is 16.1. The van der Waals surface area contributed by atoms with Crippen LogP contribution in [-0.4, -0.2) is 151 Å². The van der Waals surface area contributed by atoms with Crippen LogP contribution in [0.4, 0.5) is 4.79 Å². The molecule has 0 unspecified atom stereocenters. The predicted octanol–water partition coefficient (Wildman–Crippen LogP) is -1.26. The molecule has 24 heteroatoms. The monoisotopic (exact) mass is 967 g/mol. The summed E-state index contributed by atoms with van der Waals surface area (Å²) in [6.45, 7) is 6.26. The van der Waals surface area contributed by atoms with Crippen molar-refractivity contribution in [3.8, 4) is 0 Å². The fourth-order valence-corrected chi connectivity index (χ4v) is 6.53. The lowest BCUT2D eigenvalue weighted by Crippen LogP contribution is -2.66. The van der Waals surface area contributed by atoms with Gasteiger partial charge in [0.1, 0.15) is 61.8 Å². The third-order valence-electron chi connectivity index (χ3n) is 10.2. The Balaban J connectivity index is 1.87. The van der Waals surface area contributed by atoms with E-state index < -0.39 is 121 Å². The van der Waals surface area contributed by atoms with Gasteiger partial charge < -0.3 is 76.7 Å². The maximum Gasteiger partial charge on any atom is 0.407 e. The van der Waals surface area contributed by atoms with E-state index in [4.69, 9.17) is 39.9 Å². The van der Waals surface area contributed by atoms with E-state index in [2.05, 4.69) is 26.6 Å². The molecule has 7 amide bonds. The molecule has 0 radical (unpaired) electrons. The lowest BCUT2D eigenvalue weighted by Gasteiger charge is -2.44. The SMILES string of the molecule is CCCC(=O)OC[C@H](COC(=O)NCCCC[C@H](NC(=O)CC[C@@H](NC(=O)[C@H](C)NC(=O)[C@@H](C)O[C@H]1[C@H](O)[C@@H](CO)O[C@H](OCc2ccccc2)[C@@H]1NC(C)=O)C(N)=O)C(N)=O)OC(=O)CCC. The molecule has 0 spiro atoms. The lowest BCUT2D eigenvalue weighted by atomic mass is 9.96. The van der Waals surface area contributed by atoms with E-state index in [1.165, 1.54) is 20.8 Å². The highest BCUT2D eigenvalue weighted by Gasteiger charge is 2.48. The van der Waals surface area contributed by atoms with Gasteiger partial charge in [-0.2, -0.15) is 0 Å². The fraction of sp³-hybridized carbons (Fsp3) is 0.659. The standard InChI is InChI=1S/C44H69N7O17/c1-6-13-34(55)63-23-29(67-35(56)14-7-2)24-65-44(62)47-20-12-11-17-30(39(45)58)50-33(54)19-18-31(40(46)59)51-41(60)25(3)48-42(61)26(4)66-38-36(49-27(5)53)43(68-32(21-52)37(38)57)64-22-28-15-9-8-10-16-28/h8-10,15-16,25-26,29-32,36-38,43,52,57H,6-7,11-14,17-24H2,1-5H3,(H2,45,58)(H2,46,59)(H,47,62)(H,48,61)(H,49,53)(H,50,54)(H,51,60)/t25-,26+,29+,30-,31+,32+,36+,37+,38+,43-/m0/s1. The molecular weight excluding hydrogens is 899 g/mol. The van der Waals surface area contributed by atoms with Gasteiger partial charge in [0.25, 0.3) is 0 Å². The highest BCUT2D eigenvalue weighted by Crippen LogP contribution is 2.26. The van der Waals surface area contributed by atoms with Crippen molar-refractivity contribution >= 4 is 53.5 Å². The number of unbranched alkanes of at least 4 members (excludes halogenated alkanes) is 1. The van der Waals surface area contributed by atoms with Crippen LogP contribution in [-0.2, 0) is 73.4 Å². The van der Waals surface area contributed by atoms with Crippen LogP contribution in [0, 0.1) is 0 Å². The van der Waals surface area contributed by atoms with Crippen molar-refractivity contribution in [2.45, 2.75) is 160 Å². The second kappa shape index (κ2) is 31.2. The highest BCUT2D eigenvalue weighted by molar-refractivity contribution is 5.92. The van der Waals surface area contributed by atoms with Crippen LogP contribution in [0.2, 0.25) is 0 Å². The number of alkyl carbamates (subject to hydrolysis) is 1. The second-order valence-electron chi connectivity index (χ2n) is 16.1. The molecule has 0 aliphatic carbocycles. The Labute approximate surface area is 394 Å². The van der Waals surface area contributed by atoms with Crippen molar-refractivity contribution in [2.24, 2.45) is 11.5 Å². The van der Waals surface area contributed by atoms with Crippen molar-refractivity contribution in [3.63, 3.8) is 0 Å². The van der Waals surface area contributed by atoms with Gasteiger partial charge in [0.2, 0.25) is 35.4 Å². The van der Waals surface area contributed by atoms with Crippen molar-refractivity contribution in [1.82, 2.24) is 26.6 Å². The third-order valence-corrected chi connectivity index (χ3v) is 10.2. The number of nitrogens with one attached hydrogen (secondary N) is 5. The van der Waals surface area contributed by atoms with Crippen LogP contribution in [0.1, 0.15) is 98.0 Å². The molecule has 2 rings (SSSR count).